The molecule has 0 unspecified atom stereocenters. The lowest BCUT2D eigenvalue weighted by Crippen LogP contribution is -2.16. The van der Waals surface area contributed by atoms with Crippen molar-refractivity contribution in [3.05, 3.63) is 17.8 Å². The molecule has 0 atom stereocenters. The van der Waals surface area contributed by atoms with Gasteiger partial charge in [0.2, 0.25) is 0 Å². The van der Waals surface area contributed by atoms with Gasteiger partial charge in [0.15, 0.2) is 16.2 Å². The minimum Gasteiger partial charge on any atom is -0.448 e. The minimum absolute atomic E-state index is 0.0587. The number of nitrogens with zero attached hydrogens (tertiary/aromatic N) is 2. The van der Waals surface area contributed by atoms with Gasteiger partial charge in [-0.1, -0.05) is 6.42 Å². The molecule has 3 rings (SSSR count). The molecule has 1 aromatic rings. The van der Waals surface area contributed by atoms with Crippen molar-refractivity contribution in [2.24, 2.45) is 5.41 Å². The third-order valence-corrected chi connectivity index (χ3v) is 6.03. The lowest BCUT2D eigenvalue weighted by molar-refractivity contribution is 0.344. The molecule has 1 aromatic heterocycles. The van der Waals surface area contributed by atoms with Gasteiger partial charge < -0.3 is 4.42 Å². The summed E-state index contributed by atoms with van der Waals surface area (Å²) < 4.78 is 29.7. The lowest BCUT2D eigenvalue weighted by atomic mass is 9.83. The summed E-state index contributed by atoms with van der Waals surface area (Å²) in [5.74, 6) is 1.10. The van der Waals surface area contributed by atoms with Gasteiger partial charge in [0.1, 0.15) is 5.76 Å². The summed E-state index contributed by atoms with van der Waals surface area (Å²) >= 11 is 0. The Balaban J connectivity index is 1.64. The number of nitriles is 1. The summed E-state index contributed by atoms with van der Waals surface area (Å²) in [5, 5.41) is 8.99. The summed E-state index contributed by atoms with van der Waals surface area (Å²) in [6.45, 7) is 0. The molecule has 0 bridgehead atoms. The monoisotopic (exact) mass is 294 g/mol. The van der Waals surface area contributed by atoms with E-state index in [0.29, 0.717) is 18.0 Å². The van der Waals surface area contributed by atoms with Crippen LogP contribution in [0, 0.1) is 16.7 Å². The van der Waals surface area contributed by atoms with Gasteiger partial charge in [-0.15, -0.1) is 0 Å². The van der Waals surface area contributed by atoms with Crippen LogP contribution in [0.15, 0.2) is 10.8 Å². The average molecular weight is 294 g/mol. The molecule has 20 heavy (non-hydrogen) atoms. The molecule has 2 aliphatic carbocycles. The lowest BCUT2D eigenvalue weighted by Gasteiger charge is -2.23. The average Bonchev–Trinajstić information content (AvgIpc) is 3.02. The molecule has 0 N–H and O–H groups in total. The SMILES string of the molecule is N#CC1(CCS(=O)(=O)Cc2ncoc2C2CCC2)CC1. The third-order valence-electron chi connectivity index (χ3n) is 4.49. The van der Waals surface area contributed by atoms with Crippen LogP contribution in [0.3, 0.4) is 0 Å². The van der Waals surface area contributed by atoms with E-state index in [1.165, 1.54) is 12.8 Å². The second-order valence-corrected chi connectivity index (χ2v) is 8.21. The van der Waals surface area contributed by atoms with Gasteiger partial charge in [-0.3, -0.25) is 0 Å². The number of rotatable bonds is 6. The molecular weight excluding hydrogens is 276 g/mol. The Hall–Kier alpha value is -1.35. The number of oxazole rings is 1. The molecule has 0 amide bonds. The standard InChI is InChI=1S/C14H18N2O3S/c15-9-14(4-5-14)6-7-20(17,18)8-12-13(19-10-16-12)11-2-1-3-11/h10-11H,1-8H2. The first-order valence-corrected chi connectivity index (χ1v) is 8.90. The van der Waals surface area contributed by atoms with E-state index in [2.05, 4.69) is 11.1 Å². The maximum atomic E-state index is 12.2. The van der Waals surface area contributed by atoms with Crippen molar-refractivity contribution in [3.8, 4) is 6.07 Å². The van der Waals surface area contributed by atoms with Gasteiger partial charge in [-0.25, -0.2) is 13.4 Å². The zero-order valence-corrected chi connectivity index (χ0v) is 12.2. The van der Waals surface area contributed by atoms with Crippen molar-refractivity contribution in [2.45, 2.75) is 50.2 Å². The number of hydrogen-bond acceptors (Lipinski definition) is 5. The Bertz CT molecular complexity index is 634. The topological polar surface area (TPSA) is 84.0 Å². The summed E-state index contributed by atoms with van der Waals surface area (Å²) in [6, 6.07) is 2.23. The Kier molecular flexibility index (Phi) is 3.33. The first kappa shape index (κ1) is 13.6. The molecule has 108 valence electrons. The van der Waals surface area contributed by atoms with Crippen molar-refractivity contribution in [1.82, 2.24) is 4.98 Å². The molecule has 5 nitrogen and oxygen atoms in total. The van der Waals surface area contributed by atoms with E-state index in [1.54, 1.807) is 0 Å². The summed E-state index contributed by atoms with van der Waals surface area (Å²) in [4.78, 5) is 4.07. The fourth-order valence-corrected chi connectivity index (χ4v) is 4.07. The van der Waals surface area contributed by atoms with Crippen LogP contribution in [0.4, 0.5) is 0 Å². The number of sulfone groups is 1. The number of aromatic nitrogens is 1. The van der Waals surface area contributed by atoms with Crippen LogP contribution < -0.4 is 0 Å². The predicted molar refractivity (Wildman–Crippen MR) is 72.5 cm³/mol. The van der Waals surface area contributed by atoms with Crippen molar-refractivity contribution >= 4 is 9.84 Å². The highest BCUT2D eigenvalue weighted by molar-refractivity contribution is 7.90. The van der Waals surface area contributed by atoms with E-state index < -0.39 is 9.84 Å². The van der Waals surface area contributed by atoms with Gasteiger partial charge in [0.05, 0.1) is 28.7 Å². The molecule has 0 aromatic carbocycles. The van der Waals surface area contributed by atoms with Crippen LogP contribution in [0.5, 0.6) is 0 Å². The van der Waals surface area contributed by atoms with Crippen molar-refractivity contribution in [2.75, 3.05) is 5.75 Å². The van der Waals surface area contributed by atoms with Gasteiger partial charge in [0, 0.05) is 5.92 Å². The van der Waals surface area contributed by atoms with Gasteiger partial charge in [-0.05, 0) is 32.1 Å². The van der Waals surface area contributed by atoms with E-state index in [0.717, 1.165) is 31.4 Å². The van der Waals surface area contributed by atoms with E-state index in [9.17, 15) is 8.42 Å². The molecule has 0 spiro atoms. The Morgan fingerprint density at radius 2 is 2.20 bits per heavy atom. The smallest absolute Gasteiger partial charge is 0.181 e. The van der Waals surface area contributed by atoms with Crippen LogP contribution in [-0.4, -0.2) is 19.2 Å². The van der Waals surface area contributed by atoms with Crippen LogP contribution in [-0.2, 0) is 15.6 Å². The first-order chi connectivity index (χ1) is 9.54. The molecule has 2 saturated carbocycles. The second kappa shape index (κ2) is 4.88. The van der Waals surface area contributed by atoms with E-state index in [-0.39, 0.29) is 16.9 Å². The first-order valence-electron chi connectivity index (χ1n) is 7.08. The van der Waals surface area contributed by atoms with Gasteiger partial charge in [0.25, 0.3) is 0 Å². The van der Waals surface area contributed by atoms with Crippen molar-refractivity contribution in [1.29, 1.82) is 5.26 Å². The maximum absolute atomic E-state index is 12.2. The zero-order chi connectivity index (χ0) is 14.2. The van der Waals surface area contributed by atoms with Gasteiger partial charge >= 0.3 is 0 Å². The number of hydrogen-bond donors (Lipinski definition) is 0. The molecule has 0 aliphatic heterocycles. The highest BCUT2D eigenvalue weighted by Gasteiger charge is 2.43. The Morgan fingerprint density at radius 3 is 2.75 bits per heavy atom. The minimum atomic E-state index is -3.22. The molecule has 6 heteroatoms. The largest absolute Gasteiger partial charge is 0.448 e. The second-order valence-electron chi connectivity index (χ2n) is 6.03. The molecule has 2 fully saturated rings. The maximum Gasteiger partial charge on any atom is 0.181 e. The van der Waals surface area contributed by atoms with E-state index in [1.807, 2.05) is 0 Å². The van der Waals surface area contributed by atoms with Crippen molar-refractivity contribution in [3.63, 3.8) is 0 Å². The quantitative estimate of drug-likeness (QED) is 0.805. The van der Waals surface area contributed by atoms with Crippen LogP contribution >= 0.6 is 0 Å². The molecule has 2 aliphatic rings. The summed E-state index contributed by atoms with van der Waals surface area (Å²) in [6.07, 6.45) is 6.73. The van der Waals surface area contributed by atoms with Gasteiger partial charge in [-0.2, -0.15) is 5.26 Å². The zero-order valence-electron chi connectivity index (χ0n) is 11.3. The van der Waals surface area contributed by atoms with Crippen LogP contribution in [0.2, 0.25) is 0 Å². The molecule has 0 saturated heterocycles. The molecular formula is C14H18N2O3S. The highest BCUT2D eigenvalue weighted by Crippen LogP contribution is 2.48. The van der Waals surface area contributed by atoms with Crippen LogP contribution in [0.25, 0.3) is 0 Å². The fraction of sp³-hybridized carbons (Fsp3) is 0.714. The Morgan fingerprint density at radius 1 is 1.45 bits per heavy atom. The third kappa shape index (κ3) is 2.73. The van der Waals surface area contributed by atoms with Crippen LogP contribution in [0.1, 0.15) is 55.9 Å². The Labute approximate surface area is 118 Å². The van der Waals surface area contributed by atoms with Crippen molar-refractivity contribution < 1.29 is 12.8 Å². The summed E-state index contributed by atoms with van der Waals surface area (Å²) in [5.41, 5.74) is 0.199. The normalized spacial score (nSPS) is 21.1. The highest BCUT2D eigenvalue weighted by atomic mass is 32.2. The molecule has 0 radical (unpaired) electrons. The predicted octanol–water partition coefficient (Wildman–Crippen LogP) is 2.55. The molecule has 1 heterocycles. The summed E-state index contributed by atoms with van der Waals surface area (Å²) in [7, 11) is -3.22. The van der Waals surface area contributed by atoms with E-state index >= 15 is 0 Å². The van der Waals surface area contributed by atoms with E-state index in [4.69, 9.17) is 9.68 Å². The fourth-order valence-electron chi connectivity index (χ4n) is 2.59.